The average molecular weight is 680 g/mol. The Kier molecular flexibility index (Phi) is 6.27. The molecule has 4 heteroatoms. The zero-order chi connectivity index (χ0) is 35.3. The number of hydrogen-bond donors (Lipinski definition) is 0. The molecule has 0 aliphatic heterocycles. The van der Waals surface area contributed by atoms with Crippen molar-refractivity contribution in [3.63, 3.8) is 0 Å². The topological polar surface area (TPSA) is 43.9 Å². The van der Waals surface area contributed by atoms with Gasteiger partial charge in [0.2, 0.25) is 5.95 Å². The summed E-state index contributed by atoms with van der Waals surface area (Å²) in [4.78, 5) is 10.4. The second-order valence-electron chi connectivity index (χ2n) is 14.6. The highest BCUT2D eigenvalue weighted by Gasteiger charge is 2.36. The summed E-state index contributed by atoms with van der Waals surface area (Å²) in [5.74, 6) is 0.643. The number of fused-ring (bicyclic) bond motifs is 9. The van der Waals surface area contributed by atoms with Gasteiger partial charge in [-0.05, 0) is 75.8 Å². The van der Waals surface area contributed by atoms with E-state index in [1.165, 1.54) is 22.3 Å². The van der Waals surface area contributed by atoms with Crippen molar-refractivity contribution < 1.29 is 4.42 Å². The second-order valence-corrected chi connectivity index (χ2v) is 14.6. The van der Waals surface area contributed by atoms with E-state index in [4.69, 9.17) is 14.4 Å². The van der Waals surface area contributed by atoms with Crippen LogP contribution < -0.4 is 0 Å². The first kappa shape index (κ1) is 29.9. The van der Waals surface area contributed by atoms with Gasteiger partial charge in [0.25, 0.3) is 0 Å². The number of rotatable bonds is 4. The fourth-order valence-corrected chi connectivity index (χ4v) is 8.66. The van der Waals surface area contributed by atoms with Gasteiger partial charge in [0.1, 0.15) is 11.2 Å². The van der Waals surface area contributed by atoms with Crippen molar-refractivity contribution >= 4 is 43.7 Å². The minimum atomic E-state index is -0.0899. The Morgan fingerprint density at radius 3 is 1.89 bits per heavy atom. The van der Waals surface area contributed by atoms with Gasteiger partial charge in [0.05, 0.1) is 22.4 Å². The Balaban J connectivity index is 1.13. The number of hydrogen-bond acceptors (Lipinski definition) is 3. The largest absolute Gasteiger partial charge is 0.456 e. The van der Waals surface area contributed by atoms with E-state index in [1.807, 2.05) is 12.1 Å². The van der Waals surface area contributed by atoms with Crippen LogP contribution in [0.1, 0.15) is 25.0 Å². The van der Waals surface area contributed by atoms with Gasteiger partial charge in [-0.15, -0.1) is 0 Å². The van der Waals surface area contributed by atoms with Gasteiger partial charge in [-0.2, -0.15) is 0 Å². The molecule has 53 heavy (non-hydrogen) atoms. The molecule has 0 amide bonds. The minimum absolute atomic E-state index is 0.0899. The summed E-state index contributed by atoms with van der Waals surface area (Å²) >= 11 is 0. The fraction of sp³-hybridized carbons (Fsp3) is 0.0612. The maximum atomic E-state index is 6.63. The molecule has 1 aliphatic carbocycles. The molecule has 0 radical (unpaired) electrons. The lowest BCUT2D eigenvalue weighted by molar-refractivity contribution is 0.647. The molecule has 11 rings (SSSR count). The first-order chi connectivity index (χ1) is 26.0. The molecule has 4 nitrogen and oxygen atoms in total. The molecule has 0 bridgehead atoms. The molecule has 0 saturated heterocycles. The lowest BCUT2D eigenvalue weighted by atomic mass is 9.82. The molecule has 3 aromatic heterocycles. The third-order valence-corrected chi connectivity index (χ3v) is 11.2. The highest BCUT2D eigenvalue weighted by atomic mass is 16.3. The Bertz CT molecular complexity index is 3020. The van der Waals surface area contributed by atoms with Gasteiger partial charge in [0.15, 0.2) is 0 Å². The highest BCUT2D eigenvalue weighted by Crippen LogP contribution is 2.51. The minimum Gasteiger partial charge on any atom is -0.456 e. The molecule has 3 heterocycles. The van der Waals surface area contributed by atoms with Crippen molar-refractivity contribution in [3.05, 3.63) is 175 Å². The molecule has 0 fully saturated rings. The molecule has 0 unspecified atom stereocenters. The van der Waals surface area contributed by atoms with E-state index < -0.39 is 0 Å². The third kappa shape index (κ3) is 4.42. The van der Waals surface area contributed by atoms with Crippen LogP contribution in [-0.2, 0) is 5.41 Å². The monoisotopic (exact) mass is 679 g/mol. The third-order valence-electron chi connectivity index (χ3n) is 11.2. The van der Waals surface area contributed by atoms with Gasteiger partial charge in [-0.1, -0.05) is 135 Å². The Hall–Kier alpha value is -6.78. The molecule has 10 aromatic rings. The summed E-state index contributed by atoms with van der Waals surface area (Å²) < 4.78 is 8.84. The van der Waals surface area contributed by atoms with Crippen LogP contribution in [0.5, 0.6) is 0 Å². The Morgan fingerprint density at radius 2 is 1.11 bits per heavy atom. The highest BCUT2D eigenvalue weighted by molar-refractivity contribution is 6.16. The Morgan fingerprint density at radius 1 is 0.453 bits per heavy atom. The molecule has 0 spiro atoms. The van der Waals surface area contributed by atoms with Crippen molar-refractivity contribution in [3.8, 4) is 50.7 Å². The summed E-state index contributed by atoms with van der Waals surface area (Å²) in [5.41, 5.74) is 15.3. The van der Waals surface area contributed by atoms with Crippen molar-refractivity contribution in [2.24, 2.45) is 0 Å². The zero-order valence-electron chi connectivity index (χ0n) is 29.3. The van der Waals surface area contributed by atoms with Crippen LogP contribution >= 0.6 is 0 Å². The fourth-order valence-electron chi connectivity index (χ4n) is 8.66. The number of para-hydroxylation sites is 1. The summed E-state index contributed by atoms with van der Waals surface area (Å²) in [5, 5.41) is 4.58. The van der Waals surface area contributed by atoms with Crippen LogP contribution in [0.3, 0.4) is 0 Å². The smallest absolute Gasteiger partial charge is 0.235 e. The first-order valence-electron chi connectivity index (χ1n) is 18.2. The van der Waals surface area contributed by atoms with E-state index in [-0.39, 0.29) is 5.41 Å². The van der Waals surface area contributed by atoms with Crippen LogP contribution in [-0.4, -0.2) is 14.5 Å². The van der Waals surface area contributed by atoms with Gasteiger partial charge >= 0.3 is 0 Å². The van der Waals surface area contributed by atoms with Crippen molar-refractivity contribution in [1.82, 2.24) is 14.5 Å². The predicted octanol–water partition coefficient (Wildman–Crippen LogP) is 12.8. The molecule has 1 aliphatic rings. The van der Waals surface area contributed by atoms with E-state index in [0.717, 1.165) is 77.4 Å². The number of furan rings is 1. The van der Waals surface area contributed by atoms with Gasteiger partial charge in [-0.25, -0.2) is 9.97 Å². The SMILES string of the molecule is CC1(C)c2ccccc2-c2cc3c(cc21)oc1cccc(-c2ccc4c(c2)c2ccccc2n4-c2nc(-c4ccccc4)cc(-c4ccccc4)n2)c13. The van der Waals surface area contributed by atoms with E-state index in [2.05, 4.69) is 170 Å². The maximum Gasteiger partial charge on any atom is 0.235 e. The zero-order valence-corrected chi connectivity index (χ0v) is 29.3. The second kappa shape index (κ2) is 11.1. The van der Waals surface area contributed by atoms with Crippen molar-refractivity contribution in [2.45, 2.75) is 19.3 Å². The predicted molar refractivity (Wildman–Crippen MR) is 218 cm³/mol. The maximum absolute atomic E-state index is 6.63. The quantitative estimate of drug-likeness (QED) is 0.186. The summed E-state index contributed by atoms with van der Waals surface area (Å²) in [6.07, 6.45) is 0. The van der Waals surface area contributed by atoms with Gasteiger partial charge in [-0.3, -0.25) is 4.57 Å². The lowest BCUT2D eigenvalue weighted by Gasteiger charge is -2.21. The number of aromatic nitrogens is 3. The number of nitrogens with zero attached hydrogens (tertiary/aromatic N) is 3. The van der Waals surface area contributed by atoms with Crippen LogP contribution in [0.4, 0.5) is 0 Å². The Labute approximate surface area is 306 Å². The van der Waals surface area contributed by atoms with E-state index >= 15 is 0 Å². The van der Waals surface area contributed by atoms with E-state index in [1.54, 1.807) is 0 Å². The summed E-state index contributed by atoms with van der Waals surface area (Å²) in [6.45, 7) is 4.63. The standard InChI is InChI=1S/C49H33N3O/c1-49(2)39-21-11-9-18-34(39)36-27-38-46(28-40(36)49)53-45-23-13-20-33(47(38)45)32-24-25-44-37(26-32)35-19-10-12-22-43(35)52(44)48-50-41(30-14-5-3-6-15-30)29-42(51-48)31-16-7-4-8-17-31/h3-29H,1-2H3. The summed E-state index contributed by atoms with van der Waals surface area (Å²) in [7, 11) is 0. The van der Waals surface area contributed by atoms with Crippen LogP contribution in [0, 0.1) is 0 Å². The van der Waals surface area contributed by atoms with E-state index in [9.17, 15) is 0 Å². The average Bonchev–Trinajstić information content (AvgIpc) is 3.82. The van der Waals surface area contributed by atoms with Crippen molar-refractivity contribution in [2.75, 3.05) is 0 Å². The molecule has 0 N–H and O–H groups in total. The summed E-state index contributed by atoms with van der Waals surface area (Å²) in [6, 6.07) is 58.0. The molecular weight excluding hydrogens is 647 g/mol. The lowest BCUT2D eigenvalue weighted by Crippen LogP contribution is -2.14. The normalized spacial score (nSPS) is 13.2. The van der Waals surface area contributed by atoms with Gasteiger partial charge in [0, 0.05) is 38.1 Å². The van der Waals surface area contributed by atoms with Crippen molar-refractivity contribution in [1.29, 1.82) is 0 Å². The molecular formula is C49H33N3O. The molecule has 0 atom stereocenters. The molecule has 250 valence electrons. The number of benzene rings is 7. The molecule has 0 saturated carbocycles. The first-order valence-corrected chi connectivity index (χ1v) is 18.2. The van der Waals surface area contributed by atoms with Crippen LogP contribution in [0.25, 0.3) is 94.5 Å². The molecule has 7 aromatic carbocycles. The van der Waals surface area contributed by atoms with Crippen LogP contribution in [0.15, 0.2) is 168 Å². The van der Waals surface area contributed by atoms with Crippen LogP contribution in [0.2, 0.25) is 0 Å². The van der Waals surface area contributed by atoms with Gasteiger partial charge < -0.3 is 4.42 Å². The van der Waals surface area contributed by atoms with E-state index in [0.29, 0.717) is 5.95 Å².